The minimum atomic E-state index is -0.313. The average molecular weight is 423 g/mol. The first-order valence-electron chi connectivity index (χ1n) is 9.83. The first-order valence-corrected chi connectivity index (χ1v) is 10.2. The van der Waals surface area contributed by atoms with Crippen LogP contribution in [0.3, 0.4) is 0 Å². The van der Waals surface area contributed by atoms with Crippen LogP contribution in [0.5, 0.6) is 0 Å². The number of likely N-dealkylation sites (tertiary alicyclic amines) is 1. The van der Waals surface area contributed by atoms with Crippen molar-refractivity contribution in [2.45, 2.75) is 19.4 Å². The van der Waals surface area contributed by atoms with Crippen molar-refractivity contribution in [1.82, 2.24) is 14.5 Å². The maximum absolute atomic E-state index is 13.0. The number of H-pyrrole nitrogens is 1. The van der Waals surface area contributed by atoms with Gasteiger partial charge in [-0.3, -0.25) is 19.0 Å². The van der Waals surface area contributed by atoms with Crippen LogP contribution in [0, 0.1) is 10.7 Å². The van der Waals surface area contributed by atoms with E-state index in [1.165, 1.54) is 4.57 Å². The molecule has 0 aliphatic carbocycles. The molecule has 3 aromatic rings. The number of amides is 2. The Bertz CT molecular complexity index is 1220. The number of primary amides is 1. The van der Waals surface area contributed by atoms with Gasteiger partial charge in [0, 0.05) is 24.6 Å². The lowest BCUT2D eigenvalue weighted by molar-refractivity contribution is -0.123. The molecule has 1 saturated heterocycles. The summed E-state index contributed by atoms with van der Waals surface area (Å²) in [5.41, 5.74) is 7.16. The number of carbonyl (C=O) groups is 2. The number of rotatable bonds is 4. The van der Waals surface area contributed by atoms with Gasteiger partial charge in [0.1, 0.15) is 0 Å². The second kappa shape index (κ2) is 8.23. The molecular weight excluding hydrogens is 400 g/mol. The Balaban J connectivity index is 1.61. The molecule has 0 atom stereocenters. The quantitative estimate of drug-likeness (QED) is 0.631. The Labute approximate surface area is 178 Å². The van der Waals surface area contributed by atoms with Crippen LogP contribution in [-0.4, -0.2) is 39.4 Å². The summed E-state index contributed by atoms with van der Waals surface area (Å²) < 4.78 is 1.83. The van der Waals surface area contributed by atoms with Gasteiger partial charge >= 0.3 is 0 Å². The Morgan fingerprint density at radius 2 is 1.80 bits per heavy atom. The van der Waals surface area contributed by atoms with Gasteiger partial charge in [0.2, 0.25) is 5.91 Å². The molecule has 1 aliphatic rings. The number of hydrogen-bond acceptors (Lipinski definition) is 4. The zero-order chi connectivity index (χ0) is 21.3. The first-order chi connectivity index (χ1) is 14.4. The van der Waals surface area contributed by atoms with Gasteiger partial charge in [-0.1, -0.05) is 30.3 Å². The molecular formula is C22H22N4O3S. The maximum Gasteiger partial charge on any atom is 0.262 e. The van der Waals surface area contributed by atoms with Crippen molar-refractivity contribution in [3.63, 3.8) is 0 Å². The maximum atomic E-state index is 13.0. The third-order valence-corrected chi connectivity index (χ3v) is 5.92. The summed E-state index contributed by atoms with van der Waals surface area (Å²) in [5.74, 6) is -0.621. The third-order valence-electron chi connectivity index (χ3n) is 5.60. The van der Waals surface area contributed by atoms with Crippen molar-refractivity contribution in [2.24, 2.45) is 11.7 Å². The van der Waals surface area contributed by atoms with E-state index >= 15 is 0 Å². The van der Waals surface area contributed by atoms with Gasteiger partial charge in [-0.05, 0) is 48.8 Å². The summed E-state index contributed by atoms with van der Waals surface area (Å²) in [6.07, 6.45) is 1.14. The van der Waals surface area contributed by atoms with E-state index in [0.29, 0.717) is 53.7 Å². The van der Waals surface area contributed by atoms with Crippen LogP contribution in [0.1, 0.15) is 28.8 Å². The zero-order valence-electron chi connectivity index (χ0n) is 16.3. The van der Waals surface area contributed by atoms with E-state index in [4.69, 9.17) is 18.0 Å². The molecule has 2 heterocycles. The molecule has 0 spiro atoms. The summed E-state index contributed by atoms with van der Waals surface area (Å²) >= 11 is 5.41. The summed E-state index contributed by atoms with van der Waals surface area (Å²) in [6.45, 7) is 1.35. The number of nitrogens with one attached hydrogen (secondary N) is 1. The number of carbonyl (C=O) groups excluding carboxylic acids is 2. The molecule has 2 amide bonds. The largest absolute Gasteiger partial charge is 0.369 e. The van der Waals surface area contributed by atoms with Crippen LogP contribution in [0.15, 0.2) is 53.3 Å². The van der Waals surface area contributed by atoms with Crippen LogP contribution in [0.4, 0.5) is 0 Å². The van der Waals surface area contributed by atoms with Gasteiger partial charge in [-0.2, -0.15) is 0 Å². The van der Waals surface area contributed by atoms with Crippen molar-refractivity contribution in [1.29, 1.82) is 0 Å². The SMILES string of the molecule is NC(=O)C1CCN(C(=O)c2ccc3c(=O)n(Cc4ccccc4)c(=S)[nH]c3c2)CC1. The molecule has 0 bridgehead atoms. The van der Waals surface area contributed by atoms with Gasteiger partial charge in [-0.15, -0.1) is 0 Å². The number of aromatic nitrogens is 2. The van der Waals surface area contributed by atoms with Gasteiger partial charge in [-0.25, -0.2) is 0 Å². The molecule has 8 heteroatoms. The molecule has 1 fully saturated rings. The molecule has 1 aliphatic heterocycles. The van der Waals surface area contributed by atoms with Crippen molar-refractivity contribution < 1.29 is 9.59 Å². The van der Waals surface area contributed by atoms with E-state index in [9.17, 15) is 14.4 Å². The van der Waals surface area contributed by atoms with E-state index in [2.05, 4.69) is 4.98 Å². The third kappa shape index (κ3) is 3.91. The molecule has 0 unspecified atom stereocenters. The number of piperidine rings is 1. The molecule has 4 rings (SSSR count). The highest BCUT2D eigenvalue weighted by Crippen LogP contribution is 2.20. The molecule has 2 aromatic carbocycles. The van der Waals surface area contributed by atoms with Crippen LogP contribution in [0.2, 0.25) is 0 Å². The Kier molecular flexibility index (Phi) is 5.50. The highest BCUT2D eigenvalue weighted by molar-refractivity contribution is 7.71. The fraction of sp³-hybridized carbons (Fsp3) is 0.273. The summed E-state index contributed by atoms with van der Waals surface area (Å²) in [4.78, 5) is 42.0. The minimum Gasteiger partial charge on any atom is -0.369 e. The Morgan fingerprint density at radius 3 is 2.47 bits per heavy atom. The lowest BCUT2D eigenvalue weighted by atomic mass is 9.96. The van der Waals surface area contributed by atoms with Gasteiger partial charge in [0.15, 0.2) is 4.77 Å². The van der Waals surface area contributed by atoms with Crippen molar-refractivity contribution >= 4 is 34.9 Å². The number of fused-ring (bicyclic) bond motifs is 1. The normalized spacial score (nSPS) is 14.7. The highest BCUT2D eigenvalue weighted by Gasteiger charge is 2.26. The van der Waals surface area contributed by atoms with Gasteiger partial charge in [0.05, 0.1) is 17.4 Å². The molecule has 0 saturated carbocycles. The number of nitrogens with two attached hydrogens (primary N) is 1. The van der Waals surface area contributed by atoms with E-state index < -0.39 is 0 Å². The van der Waals surface area contributed by atoms with E-state index in [1.54, 1.807) is 23.1 Å². The highest BCUT2D eigenvalue weighted by atomic mass is 32.1. The monoisotopic (exact) mass is 422 g/mol. The fourth-order valence-electron chi connectivity index (χ4n) is 3.85. The predicted octanol–water partition coefficient (Wildman–Crippen LogP) is 2.44. The van der Waals surface area contributed by atoms with Crippen LogP contribution in [-0.2, 0) is 11.3 Å². The molecule has 154 valence electrons. The van der Waals surface area contributed by atoms with E-state index in [0.717, 1.165) is 5.56 Å². The second-order valence-electron chi connectivity index (χ2n) is 7.54. The lowest BCUT2D eigenvalue weighted by Gasteiger charge is -2.30. The van der Waals surface area contributed by atoms with Crippen molar-refractivity contribution in [3.05, 3.63) is 74.8 Å². The topological polar surface area (TPSA) is 101 Å². The van der Waals surface area contributed by atoms with Crippen LogP contribution < -0.4 is 11.3 Å². The molecule has 7 nitrogen and oxygen atoms in total. The summed E-state index contributed by atoms with van der Waals surface area (Å²) in [7, 11) is 0. The lowest BCUT2D eigenvalue weighted by Crippen LogP contribution is -2.41. The Hall–Kier alpha value is -3.26. The summed E-state index contributed by atoms with van der Waals surface area (Å²) in [5, 5.41) is 0.475. The number of nitrogens with zero attached hydrogens (tertiary/aromatic N) is 2. The Morgan fingerprint density at radius 1 is 1.10 bits per heavy atom. The fourth-order valence-corrected chi connectivity index (χ4v) is 4.10. The standard InChI is InChI=1S/C22H22N4O3S/c23-19(27)15-8-10-25(11-9-15)20(28)16-6-7-17-18(12-16)24-22(30)26(21(17)29)13-14-4-2-1-3-5-14/h1-7,12,15H,8-11,13H2,(H2,23,27)(H,24,30). The summed E-state index contributed by atoms with van der Waals surface area (Å²) in [6, 6.07) is 14.6. The van der Waals surface area contributed by atoms with Crippen LogP contribution >= 0.6 is 12.2 Å². The zero-order valence-corrected chi connectivity index (χ0v) is 17.2. The first kappa shape index (κ1) is 20.0. The average Bonchev–Trinajstić information content (AvgIpc) is 2.76. The smallest absolute Gasteiger partial charge is 0.262 e. The van der Waals surface area contributed by atoms with Gasteiger partial charge < -0.3 is 15.6 Å². The molecule has 0 radical (unpaired) electrons. The van der Waals surface area contributed by atoms with Crippen molar-refractivity contribution in [3.8, 4) is 0 Å². The molecule has 30 heavy (non-hydrogen) atoms. The molecule has 3 N–H and O–H groups in total. The van der Waals surface area contributed by atoms with Crippen LogP contribution in [0.25, 0.3) is 10.9 Å². The van der Waals surface area contributed by atoms with Gasteiger partial charge in [0.25, 0.3) is 11.5 Å². The van der Waals surface area contributed by atoms with E-state index in [1.807, 2.05) is 30.3 Å². The van der Waals surface area contributed by atoms with E-state index in [-0.39, 0.29) is 23.3 Å². The minimum absolute atomic E-state index is 0.132. The molecule has 1 aromatic heterocycles. The number of aromatic amines is 1. The number of hydrogen-bond donors (Lipinski definition) is 2. The number of benzene rings is 2. The second-order valence-corrected chi connectivity index (χ2v) is 7.92. The predicted molar refractivity (Wildman–Crippen MR) is 117 cm³/mol. The van der Waals surface area contributed by atoms with Crippen molar-refractivity contribution in [2.75, 3.05) is 13.1 Å².